The van der Waals surface area contributed by atoms with Crippen molar-refractivity contribution >= 4 is 23.6 Å². The van der Waals surface area contributed by atoms with E-state index in [0.717, 1.165) is 38.2 Å². The molecule has 0 N–H and O–H groups in total. The van der Waals surface area contributed by atoms with Gasteiger partial charge >= 0.3 is 5.97 Å². The summed E-state index contributed by atoms with van der Waals surface area (Å²) < 4.78 is 15.5. The molecular formula is C21H24N2O7. The van der Waals surface area contributed by atoms with E-state index in [0.29, 0.717) is 18.2 Å². The third kappa shape index (κ3) is 4.24. The van der Waals surface area contributed by atoms with Crippen molar-refractivity contribution in [2.75, 3.05) is 19.9 Å². The number of carbonyl (C=O) groups excluding carboxylic acids is 2. The molecule has 160 valence electrons. The molecule has 0 spiro atoms. The van der Waals surface area contributed by atoms with E-state index < -0.39 is 10.9 Å². The van der Waals surface area contributed by atoms with Gasteiger partial charge in [-0.15, -0.1) is 0 Å². The Morgan fingerprint density at radius 1 is 1.17 bits per heavy atom. The number of hydrogen-bond donors (Lipinski definition) is 0. The van der Waals surface area contributed by atoms with Gasteiger partial charge in [0.05, 0.1) is 16.6 Å². The molecule has 1 aliphatic carbocycles. The molecule has 30 heavy (non-hydrogen) atoms. The first-order valence-corrected chi connectivity index (χ1v) is 10.3. The van der Waals surface area contributed by atoms with Gasteiger partial charge in [0.2, 0.25) is 6.79 Å². The summed E-state index contributed by atoms with van der Waals surface area (Å²) in [5, 5.41) is 11.3. The van der Waals surface area contributed by atoms with Crippen LogP contribution in [0.2, 0.25) is 0 Å². The standard InChI is InChI=1S/C21H24N2O7/c24-20(22-9-3-5-14-4-1-2-6-16(14)22)12-28-21(25)8-7-15-10-18-19(30-13-29-18)11-17(15)23(26)27/h7-8,10-11,14,16H,1-6,9,12-13H2/b8-7+/t14-,16+/m0/s1. The molecule has 9 nitrogen and oxygen atoms in total. The minimum Gasteiger partial charge on any atom is -0.454 e. The fourth-order valence-electron chi connectivity index (χ4n) is 4.59. The predicted octanol–water partition coefficient (Wildman–Crippen LogP) is 3.06. The number of ether oxygens (including phenoxy) is 3. The maximum Gasteiger partial charge on any atom is 0.331 e. The number of hydrogen-bond acceptors (Lipinski definition) is 7. The number of likely N-dealkylation sites (tertiary alicyclic amines) is 1. The quantitative estimate of drug-likeness (QED) is 0.314. The summed E-state index contributed by atoms with van der Waals surface area (Å²) >= 11 is 0. The maximum absolute atomic E-state index is 12.6. The third-order valence-electron chi connectivity index (χ3n) is 6.02. The summed E-state index contributed by atoms with van der Waals surface area (Å²) in [5.74, 6) is 0.305. The monoisotopic (exact) mass is 416 g/mol. The number of piperidine rings is 1. The van der Waals surface area contributed by atoms with Gasteiger partial charge in [0.1, 0.15) is 0 Å². The zero-order valence-electron chi connectivity index (χ0n) is 16.6. The van der Waals surface area contributed by atoms with E-state index in [1.165, 1.54) is 24.6 Å². The number of esters is 1. The van der Waals surface area contributed by atoms with Crippen molar-refractivity contribution in [1.82, 2.24) is 4.90 Å². The van der Waals surface area contributed by atoms with Crippen LogP contribution in [0, 0.1) is 16.0 Å². The van der Waals surface area contributed by atoms with Crippen LogP contribution in [0.25, 0.3) is 6.08 Å². The highest BCUT2D eigenvalue weighted by atomic mass is 16.7. The molecule has 2 aliphatic heterocycles. The molecule has 2 heterocycles. The Morgan fingerprint density at radius 3 is 2.70 bits per heavy atom. The van der Waals surface area contributed by atoms with E-state index in [1.807, 2.05) is 4.90 Å². The number of nitro groups is 1. The molecule has 4 rings (SSSR count). The van der Waals surface area contributed by atoms with E-state index in [4.69, 9.17) is 14.2 Å². The summed E-state index contributed by atoms with van der Waals surface area (Å²) in [6.45, 7) is 0.370. The Morgan fingerprint density at radius 2 is 1.90 bits per heavy atom. The number of nitrogens with zero attached hydrogens (tertiary/aromatic N) is 2. The molecule has 1 saturated carbocycles. The van der Waals surface area contributed by atoms with Crippen LogP contribution in [0.1, 0.15) is 44.1 Å². The fourth-order valence-corrected chi connectivity index (χ4v) is 4.59. The average Bonchev–Trinajstić information content (AvgIpc) is 3.22. The second-order valence-corrected chi connectivity index (χ2v) is 7.80. The third-order valence-corrected chi connectivity index (χ3v) is 6.02. The number of amides is 1. The molecule has 1 amide bonds. The highest BCUT2D eigenvalue weighted by Crippen LogP contribution is 2.38. The Bertz CT molecular complexity index is 880. The van der Waals surface area contributed by atoms with Crippen LogP contribution in [0.3, 0.4) is 0 Å². The highest BCUT2D eigenvalue weighted by molar-refractivity contribution is 5.90. The van der Waals surface area contributed by atoms with Gasteiger partial charge in [0, 0.05) is 18.7 Å². The van der Waals surface area contributed by atoms with Crippen LogP contribution in [-0.4, -0.2) is 47.7 Å². The Hall–Kier alpha value is -3.10. The van der Waals surface area contributed by atoms with Crippen LogP contribution in [0.4, 0.5) is 5.69 Å². The number of rotatable bonds is 5. The summed E-state index contributed by atoms with van der Waals surface area (Å²) in [4.78, 5) is 37.3. The van der Waals surface area contributed by atoms with Gasteiger partial charge in [-0.1, -0.05) is 12.8 Å². The maximum atomic E-state index is 12.6. The molecule has 3 aliphatic rings. The Labute approximate surface area is 173 Å². The van der Waals surface area contributed by atoms with Crippen molar-refractivity contribution in [3.8, 4) is 11.5 Å². The summed E-state index contributed by atoms with van der Waals surface area (Å²) in [6, 6.07) is 2.95. The smallest absolute Gasteiger partial charge is 0.331 e. The lowest BCUT2D eigenvalue weighted by Crippen LogP contribution is -2.50. The number of nitro benzene ring substituents is 1. The minimum absolute atomic E-state index is 0.0117. The zero-order valence-corrected chi connectivity index (χ0v) is 16.6. The van der Waals surface area contributed by atoms with E-state index in [-0.39, 0.29) is 42.3 Å². The number of benzene rings is 1. The topological polar surface area (TPSA) is 108 Å². The summed E-state index contributed by atoms with van der Waals surface area (Å²) in [5.41, 5.74) is -0.0235. The van der Waals surface area contributed by atoms with Crippen molar-refractivity contribution in [2.24, 2.45) is 5.92 Å². The second kappa shape index (κ2) is 8.73. The van der Waals surface area contributed by atoms with Crippen molar-refractivity contribution in [1.29, 1.82) is 0 Å². The largest absolute Gasteiger partial charge is 0.454 e. The van der Waals surface area contributed by atoms with Gasteiger partial charge in [-0.3, -0.25) is 14.9 Å². The first-order chi connectivity index (χ1) is 14.5. The lowest BCUT2D eigenvalue weighted by molar-refractivity contribution is -0.385. The van der Waals surface area contributed by atoms with Gasteiger partial charge in [-0.05, 0) is 43.7 Å². The van der Waals surface area contributed by atoms with Gasteiger partial charge in [0.15, 0.2) is 18.1 Å². The average molecular weight is 416 g/mol. The molecule has 1 aromatic carbocycles. The van der Waals surface area contributed by atoms with E-state index >= 15 is 0 Å². The van der Waals surface area contributed by atoms with Crippen molar-refractivity contribution in [3.63, 3.8) is 0 Å². The van der Waals surface area contributed by atoms with Crippen LogP contribution in [0.5, 0.6) is 11.5 Å². The molecule has 2 fully saturated rings. The minimum atomic E-state index is -0.729. The Balaban J connectivity index is 1.36. The normalized spacial score (nSPS) is 22.6. The van der Waals surface area contributed by atoms with E-state index in [2.05, 4.69) is 0 Å². The molecular weight excluding hydrogens is 392 g/mol. The molecule has 0 radical (unpaired) electrons. The van der Waals surface area contributed by atoms with Crippen molar-refractivity contribution < 1.29 is 28.7 Å². The van der Waals surface area contributed by atoms with E-state index in [9.17, 15) is 19.7 Å². The van der Waals surface area contributed by atoms with Crippen LogP contribution < -0.4 is 9.47 Å². The predicted molar refractivity (Wildman–Crippen MR) is 106 cm³/mol. The van der Waals surface area contributed by atoms with Crippen LogP contribution in [0.15, 0.2) is 18.2 Å². The molecule has 0 bridgehead atoms. The summed E-state index contributed by atoms with van der Waals surface area (Å²) in [7, 11) is 0. The fraction of sp³-hybridized carbons (Fsp3) is 0.524. The van der Waals surface area contributed by atoms with E-state index in [1.54, 1.807) is 0 Å². The lowest BCUT2D eigenvalue weighted by Gasteiger charge is -2.44. The first-order valence-electron chi connectivity index (χ1n) is 10.3. The van der Waals surface area contributed by atoms with Gasteiger partial charge in [-0.2, -0.15) is 0 Å². The number of carbonyl (C=O) groups is 2. The zero-order chi connectivity index (χ0) is 21.1. The second-order valence-electron chi connectivity index (χ2n) is 7.80. The molecule has 0 unspecified atom stereocenters. The van der Waals surface area contributed by atoms with Crippen LogP contribution >= 0.6 is 0 Å². The number of fused-ring (bicyclic) bond motifs is 2. The van der Waals surface area contributed by atoms with Crippen molar-refractivity contribution in [2.45, 2.75) is 44.6 Å². The molecule has 1 aromatic rings. The van der Waals surface area contributed by atoms with Crippen molar-refractivity contribution in [3.05, 3.63) is 33.9 Å². The van der Waals surface area contributed by atoms with Gasteiger partial charge in [-0.25, -0.2) is 4.79 Å². The molecule has 1 saturated heterocycles. The van der Waals surface area contributed by atoms with Gasteiger partial charge < -0.3 is 19.1 Å². The molecule has 9 heteroatoms. The molecule has 0 aromatic heterocycles. The highest BCUT2D eigenvalue weighted by Gasteiger charge is 2.35. The first kappa shape index (κ1) is 20.2. The lowest BCUT2D eigenvalue weighted by atomic mass is 9.78. The SMILES string of the molecule is O=C(/C=C/c1cc2c(cc1[N+](=O)[O-])OCO2)OCC(=O)N1CCC[C@@H]2CCCC[C@H]21. The summed E-state index contributed by atoms with van der Waals surface area (Å²) in [6.07, 6.45) is 9.02. The molecule has 2 atom stereocenters. The van der Waals surface area contributed by atoms with Crippen LogP contribution in [-0.2, 0) is 14.3 Å². The van der Waals surface area contributed by atoms with Gasteiger partial charge in [0.25, 0.3) is 11.6 Å². The Kier molecular flexibility index (Phi) is 5.87.